The molecule has 0 saturated carbocycles. The zero-order chi connectivity index (χ0) is 6.69. The third-order valence-electron chi connectivity index (χ3n) is 1.89. The molecular formula is C7H12BO. The number of allylic oxidation sites excluding steroid dienone is 1. The number of aliphatic hydroxyl groups is 1. The summed E-state index contributed by atoms with van der Waals surface area (Å²) in [5.74, 6) is 2.41. The van der Waals surface area contributed by atoms with Crippen molar-refractivity contribution in [2.45, 2.75) is 25.8 Å². The average molecular weight is 123 g/mol. The Morgan fingerprint density at radius 3 is 3.00 bits per heavy atom. The van der Waals surface area contributed by atoms with Crippen LogP contribution in [0.25, 0.3) is 0 Å². The maximum atomic E-state index is 9.26. The number of hydrogen-bond donors (Lipinski definition) is 1. The number of hydrogen-bond acceptors (Lipinski definition) is 1. The molecule has 0 fully saturated rings. The van der Waals surface area contributed by atoms with Gasteiger partial charge < -0.3 is 5.11 Å². The van der Waals surface area contributed by atoms with Gasteiger partial charge in [-0.1, -0.05) is 19.4 Å². The van der Waals surface area contributed by atoms with E-state index in [9.17, 15) is 5.11 Å². The second kappa shape index (κ2) is 3.07. The van der Waals surface area contributed by atoms with Crippen LogP contribution in [0.4, 0.5) is 0 Å². The lowest BCUT2D eigenvalue weighted by Crippen LogP contribution is -2.27. The van der Waals surface area contributed by atoms with Crippen LogP contribution in [0.5, 0.6) is 0 Å². The molecule has 1 aliphatic rings. The van der Waals surface area contributed by atoms with Gasteiger partial charge in [-0.2, -0.15) is 0 Å². The molecule has 0 amide bonds. The molecule has 0 aromatic carbocycles. The fourth-order valence-corrected chi connectivity index (χ4v) is 1.15. The molecule has 49 valence electrons. The van der Waals surface area contributed by atoms with E-state index in [0.29, 0.717) is 5.92 Å². The topological polar surface area (TPSA) is 20.2 Å². The highest BCUT2D eigenvalue weighted by Crippen LogP contribution is 2.16. The maximum Gasteiger partial charge on any atom is 0.179 e. The normalized spacial score (nSPS) is 34.0. The Hall–Kier alpha value is -0.235. The molecule has 0 bridgehead atoms. The second-order valence-corrected chi connectivity index (χ2v) is 2.52. The van der Waals surface area contributed by atoms with Crippen molar-refractivity contribution in [2.24, 2.45) is 5.92 Å². The summed E-state index contributed by atoms with van der Waals surface area (Å²) in [5, 5.41) is 9.26. The average Bonchev–Trinajstić information content (AvgIpc) is 1.89. The molecule has 0 saturated heterocycles. The Morgan fingerprint density at radius 2 is 2.56 bits per heavy atom. The van der Waals surface area contributed by atoms with Crippen LogP contribution in [0.15, 0.2) is 12.1 Å². The van der Waals surface area contributed by atoms with Crippen LogP contribution in [0.1, 0.15) is 19.8 Å². The van der Waals surface area contributed by atoms with Crippen LogP contribution in [0, 0.1) is 5.92 Å². The first-order chi connectivity index (χ1) is 4.34. The van der Waals surface area contributed by atoms with Crippen molar-refractivity contribution in [1.29, 1.82) is 0 Å². The highest BCUT2D eigenvalue weighted by molar-refractivity contribution is 6.43. The zero-order valence-corrected chi connectivity index (χ0v) is 5.75. The van der Waals surface area contributed by atoms with Crippen molar-refractivity contribution in [3.05, 3.63) is 12.1 Å². The summed E-state index contributed by atoms with van der Waals surface area (Å²) in [6, 6.07) is -0.194. The van der Waals surface area contributed by atoms with Gasteiger partial charge in [0, 0.05) is 6.00 Å². The number of aliphatic hydroxyl groups excluding tert-OH is 1. The van der Waals surface area contributed by atoms with Gasteiger partial charge in [-0.15, -0.1) is 5.98 Å². The van der Waals surface area contributed by atoms with E-state index in [0.717, 1.165) is 12.8 Å². The summed E-state index contributed by atoms with van der Waals surface area (Å²) in [6.07, 6.45) is 4.22. The van der Waals surface area contributed by atoms with E-state index in [-0.39, 0.29) is 6.00 Å². The van der Waals surface area contributed by atoms with E-state index in [1.165, 1.54) is 0 Å². The fourth-order valence-electron chi connectivity index (χ4n) is 1.15. The first kappa shape index (κ1) is 6.88. The van der Waals surface area contributed by atoms with E-state index in [1.807, 2.05) is 13.3 Å². The van der Waals surface area contributed by atoms with Crippen molar-refractivity contribution in [2.75, 3.05) is 0 Å². The van der Waals surface area contributed by atoms with Crippen molar-refractivity contribution < 1.29 is 5.11 Å². The predicted molar refractivity (Wildman–Crippen MR) is 39.3 cm³/mol. The second-order valence-electron chi connectivity index (χ2n) is 2.52. The van der Waals surface area contributed by atoms with Gasteiger partial charge in [0.2, 0.25) is 0 Å². The summed E-state index contributed by atoms with van der Waals surface area (Å²) in [7, 11) is 1.86. The quantitative estimate of drug-likeness (QED) is 0.514. The minimum atomic E-state index is -0.194. The number of rotatable bonds is 1. The molecule has 2 unspecified atom stereocenters. The summed E-state index contributed by atoms with van der Waals surface area (Å²) in [6.45, 7) is 2.11. The van der Waals surface area contributed by atoms with Gasteiger partial charge in [0.25, 0.3) is 0 Å². The van der Waals surface area contributed by atoms with Crippen molar-refractivity contribution in [1.82, 2.24) is 0 Å². The first-order valence-electron chi connectivity index (χ1n) is 3.52. The molecule has 1 radical (unpaired) electrons. The van der Waals surface area contributed by atoms with Crippen molar-refractivity contribution in [3.8, 4) is 0 Å². The van der Waals surface area contributed by atoms with Crippen LogP contribution in [-0.4, -0.2) is 18.4 Å². The molecule has 0 aromatic rings. The molecule has 0 aliphatic carbocycles. The van der Waals surface area contributed by atoms with Crippen LogP contribution >= 0.6 is 0 Å². The van der Waals surface area contributed by atoms with Crippen LogP contribution in [0.2, 0.25) is 0 Å². The van der Waals surface area contributed by atoms with Gasteiger partial charge in [0.1, 0.15) is 0 Å². The third kappa shape index (κ3) is 1.58. The van der Waals surface area contributed by atoms with E-state index >= 15 is 0 Å². The Balaban J connectivity index is 2.43. The summed E-state index contributed by atoms with van der Waals surface area (Å²) in [4.78, 5) is 0. The van der Waals surface area contributed by atoms with Crippen LogP contribution < -0.4 is 0 Å². The standard InChI is InChI=1S/C7H12BO/c1-2-6-4-3-5-8-7(6)9/h3,5-7,9H,2,4H2,1H3. The molecule has 1 aliphatic heterocycles. The third-order valence-corrected chi connectivity index (χ3v) is 1.89. The van der Waals surface area contributed by atoms with E-state index in [1.54, 1.807) is 0 Å². The molecule has 2 heteroatoms. The molecule has 0 spiro atoms. The van der Waals surface area contributed by atoms with Crippen molar-refractivity contribution >= 4 is 7.28 Å². The van der Waals surface area contributed by atoms with Gasteiger partial charge in [-0.25, -0.2) is 0 Å². The van der Waals surface area contributed by atoms with Gasteiger partial charge in [-0.3, -0.25) is 0 Å². The smallest absolute Gasteiger partial charge is 0.179 e. The summed E-state index contributed by atoms with van der Waals surface area (Å²) in [5.41, 5.74) is 0. The lowest BCUT2D eigenvalue weighted by molar-refractivity contribution is 0.177. The molecular weight excluding hydrogens is 111 g/mol. The van der Waals surface area contributed by atoms with Gasteiger partial charge in [0.15, 0.2) is 7.28 Å². The Kier molecular flexibility index (Phi) is 2.34. The Morgan fingerprint density at radius 1 is 1.78 bits per heavy atom. The minimum Gasteiger partial charge on any atom is -0.401 e. The van der Waals surface area contributed by atoms with Crippen molar-refractivity contribution in [3.63, 3.8) is 0 Å². The first-order valence-corrected chi connectivity index (χ1v) is 3.52. The van der Waals surface area contributed by atoms with E-state index in [2.05, 4.69) is 13.0 Å². The maximum absolute atomic E-state index is 9.26. The lowest BCUT2D eigenvalue weighted by atomic mass is 9.61. The largest absolute Gasteiger partial charge is 0.401 e. The molecule has 1 N–H and O–H groups in total. The zero-order valence-electron chi connectivity index (χ0n) is 5.75. The Labute approximate surface area is 57.0 Å². The molecule has 2 atom stereocenters. The van der Waals surface area contributed by atoms with Gasteiger partial charge in [0.05, 0.1) is 0 Å². The predicted octanol–water partition coefficient (Wildman–Crippen LogP) is 0.953. The van der Waals surface area contributed by atoms with Gasteiger partial charge >= 0.3 is 0 Å². The lowest BCUT2D eigenvalue weighted by Gasteiger charge is -2.21. The summed E-state index contributed by atoms with van der Waals surface area (Å²) >= 11 is 0. The van der Waals surface area contributed by atoms with Gasteiger partial charge in [-0.05, 0) is 12.3 Å². The molecule has 0 aromatic heterocycles. The Bertz CT molecular complexity index is 111. The fraction of sp³-hybridized carbons (Fsp3) is 0.714. The molecule has 9 heavy (non-hydrogen) atoms. The summed E-state index contributed by atoms with van der Waals surface area (Å²) < 4.78 is 0. The highest BCUT2D eigenvalue weighted by Gasteiger charge is 2.17. The van der Waals surface area contributed by atoms with Crippen LogP contribution in [-0.2, 0) is 0 Å². The van der Waals surface area contributed by atoms with E-state index in [4.69, 9.17) is 0 Å². The monoisotopic (exact) mass is 123 g/mol. The minimum absolute atomic E-state index is 0.194. The van der Waals surface area contributed by atoms with Crippen LogP contribution in [0.3, 0.4) is 0 Å². The molecule has 1 nitrogen and oxygen atoms in total. The SMILES string of the molecule is CCC1CC=C[B]C1O. The highest BCUT2D eigenvalue weighted by atomic mass is 16.3. The molecule has 1 rings (SSSR count). The molecule has 1 heterocycles. The van der Waals surface area contributed by atoms with E-state index < -0.39 is 0 Å².